The molecule has 33 heavy (non-hydrogen) atoms. The average molecular weight is 447 g/mol. The van der Waals surface area contributed by atoms with E-state index in [-0.39, 0.29) is 5.91 Å². The summed E-state index contributed by atoms with van der Waals surface area (Å²) in [6.45, 7) is 3.80. The largest absolute Gasteiger partial charge is 0.497 e. The highest BCUT2D eigenvalue weighted by Gasteiger charge is 2.19. The van der Waals surface area contributed by atoms with Crippen molar-refractivity contribution in [3.8, 4) is 11.5 Å². The van der Waals surface area contributed by atoms with Gasteiger partial charge in [-0.25, -0.2) is 0 Å². The van der Waals surface area contributed by atoms with Gasteiger partial charge in [-0.15, -0.1) is 0 Å². The highest BCUT2D eigenvalue weighted by atomic mass is 16.5. The number of rotatable bonds is 9. The molecule has 0 aliphatic carbocycles. The molecule has 7 nitrogen and oxygen atoms in total. The van der Waals surface area contributed by atoms with Gasteiger partial charge in [0, 0.05) is 38.1 Å². The number of hydrogen-bond donors (Lipinski definition) is 1. The summed E-state index contributed by atoms with van der Waals surface area (Å²) in [7, 11) is 3.36. The molecule has 3 aromatic rings. The number of ether oxygens (including phenoxy) is 2. The number of pyridine rings is 1. The van der Waals surface area contributed by atoms with E-state index >= 15 is 0 Å². The van der Waals surface area contributed by atoms with Crippen LogP contribution in [-0.4, -0.2) is 49.6 Å². The number of hydrogen-bond acceptors (Lipinski definition) is 6. The molecule has 0 atom stereocenters. The van der Waals surface area contributed by atoms with E-state index in [1.54, 1.807) is 14.2 Å². The molecule has 1 aliphatic heterocycles. The van der Waals surface area contributed by atoms with E-state index < -0.39 is 0 Å². The molecule has 4 rings (SSSR count). The van der Waals surface area contributed by atoms with Crippen molar-refractivity contribution in [2.75, 3.05) is 38.8 Å². The molecular weight excluding hydrogens is 416 g/mol. The first-order valence-electron chi connectivity index (χ1n) is 11.1. The number of aromatic nitrogens is 1. The van der Waals surface area contributed by atoms with Crippen molar-refractivity contribution in [2.45, 2.75) is 19.6 Å². The summed E-state index contributed by atoms with van der Waals surface area (Å²) in [5.74, 6) is 1.78. The first kappa shape index (κ1) is 22.6. The van der Waals surface area contributed by atoms with E-state index in [0.717, 1.165) is 40.6 Å². The number of piperazine rings is 1. The van der Waals surface area contributed by atoms with E-state index in [9.17, 15) is 4.79 Å². The second-order valence-electron chi connectivity index (χ2n) is 8.06. The first-order valence-corrected chi connectivity index (χ1v) is 11.1. The van der Waals surface area contributed by atoms with Crippen LogP contribution in [0.25, 0.3) is 0 Å². The minimum Gasteiger partial charge on any atom is -0.497 e. The fraction of sp³-hybridized carbons (Fsp3) is 0.308. The number of methoxy groups -OCH3 is 2. The van der Waals surface area contributed by atoms with Gasteiger partial charge in [0.1, 0.15) is 11.5 Å². The van der Waals surface area contributed by atoms with Gasteiger partial charge in [-0.1, -0.05) is 24.3 Å². The topological polar surface area (TPSA) is 66.9 Å². The normalized spacial score (nSPS) is 13.6. The van der Waals surface area contributed by atoms with Gasteiger partial charge in [-0.3, -0.25) is 9.78 Å². The third-order valence-corrected chi connectivity index (χ3v) is 5.72. The third kappa shape index (κ3) is 6.02. The standard InChI is InChI=1S/C26H30N4O3/c1-32-24-7-3-5-20(13-24)17-30(18-21-6-4-8-25(14-21)33-2)23-9-10-28-22(15-23)19-29-12-11-27-16-26(29)31/h3-10,13-15,27H,11-12,16-19H2,1-2H3. The number of amides is 1. The van der Waals surface area contributed by atoms with Crippen molar-refractivity contribution in [3.05, 3.63) is 83.7 Å². The van der Waals surface area contributed by atoms with Gasteiger partial charge in [-0.2, -0.15) is 0 Å². The fourth-order valence-electron chi connectivity index (χ4n) is 3.98. The Kier molecular flexibility index (Phi) is 7.42. The van der Waals surface area contributed by atoms with Gasteiger partial charge in [0.15, 0.2) is 0 Å². The molecule has 2 heterocycles. The zero-order valence-corrected chi connectivity index (χ0v) is 19.2. The predicted molar refractivity (Wildman–Crippen MR) is 128 cm³/mol. The molecule has 2 aromatic carbocycles. The van der Waals surface area contributed by atoms with Crippen molar-refractivity contribution >= 4 is 11.6 Å². The van der Waals surface area contributed by atoms with Crippen LogP contribution in [0.5, 0.6) is 11.5 Å². The van der Waals surface area contributed by atoms with E-state index in [0.29, 0.717) is 32.7 Å². The number of anilines is 1. The zero-order valence-electron chi connectivity index (χ0n) is 19.2. The van der Waals surface area contributed by atoms with Crippen LogP contribution in [0.4, 0.5) is 5.69 Å². The number of nitrogens with one attached hydrogen (secondary N) is 1. The molecule has 0 bridgehead atoms. The monoisotopic (exact) mass is 446 g/mol. The van der Waals surface area contributed by atoms with Crippen molar-refractivity contribution in [2.24, 2.45) is 0 Å². The van der Waals surface area contributed by atoms with E-state index in [4.69, 9.17) is 9.47 Å². The number of carbonyl (C=O) groups excluding carboxylic acids is 1. The van der Waals surface area contributed by atoms with Crippen LogP contribution in [0, 0.1) is 0 Å². The van der Waals surface area contributed by atoms with Crippen molar-refractivity contribution in [1.82, 2.24) is 15.2 Å². The Morgan fingerprint density at radius 1 is 0.970 bits per heavy atom. The molecule has 0 unspecified atom stereocenters. The molecule has 1 aliphatic rings. The van der Waals surface area contributed by atoms with Crippen LogP contribution in [0.1, 0.15) is 16.8 Å². The summed E-state index contributed by atoms with van der Waals surface area (Å²) in [6.07, 6.45) is 1.82. The number of carbonyl (C=O) groups is 1. The van der Waals surface area contributed by atoms with E-state index in [2.05, 4.69) is 45.5 Å². The molecule has 1 amide bonds. The number of benzene rings is 2. The van der Waals surface area contributed by atoms with Gasteiger partial charge < -0.3 is 24.6 Å². The summed E-state index contributed by atoms with van der Waals surface area (Å²) >= 11 is 0. The second-order valence-corrected chi connectivity index (χ2v) is 8.06. The van der Waals surface area contributed by atoms with Gasteiger partial charge in [0.25, 0.3) is 0 Å². The lowest BCUT2D eigenvalue weighted by Gasteiger charge is -2.28. The molecule has 1 fully saturated rings. The highest BCUT2D eigenvalue weighted by Crippen LogP contribution is 2.24. The lowest BCUT2D eigenvalue weighted by molar-refractivity contribution is -0.132. The maximum absolute atomic E-state index is 12.2. The Morgan fingerprint density at radius 3 is 2.24 bits per heavy atom. The lowest BCUT2D eigenvalue weighted by Crippen LogP contribution is -2.47. The van der Waals surface area contributed by atoms with Crippen LogP contribution in [0.3, 0.4) is 0 Å². The van der Waals surface area contributed by atoms with Crippen LogP contribution < -0.4 is 19.7 Å². The number of nitrogens with zero attached hydrogens (tertiary/aromatic N) is 3. The Hall–Kier alpha value is -3.58. The summed E-state index contributed by atoms with van der Waals surface area (Å²) in [6, 6.07) is 20.3. The quantitative estimate of drug-likeness (QED) is 0.544. The van der Waals surface area contributed by atoms with Crippen LogP contribution in [0.15, 0.2) is 66.9 Å². The summed E-state index contributed by atoms with van der Waals surface area (Å²) in [5, 5.41) is 3.11. The van der Waals surface area contributed by atoms with Crippen molar-refractivity contribution in [3.63, 3.8) is 0 Å². The van der Waals surface area contributed by atoms with Crippen molar-refractivity contribution in [1.29, 1.82) is 0 Å². The van der Waals surface area contributed by atoms with Crippen LogP contribution in [0.2, 0.25) is 0 Å². The molecule has 0 spiro atoms. The Balaban J connectivity index is 1.60. The van der Waals surface area contributed by atoms with Gasteiger partial charge >= 0.3 is 0 Å². The second kappa shape index (κ2) is 10.8. The highest BCUT2D eigenvalue weighted by molar-refractivity contribution is 5.79. The minimum atomic E-state index is 0.109. The predicted octanol–water partition coefficient (Wildman–Crippen LogP) is 3.24. The molecule has 0 saturated carbocycles. The summed E-state index contributed by atoms with van der Waals surface area (Å²) < 4.78 is 10.8. The molecular formula is C26H30N4O3. The van der Waals surface area contributed by atoms with Crippen molar-refractivity contribution < 1.29 is 14.3 Å². The SMILES string of the molecule is COc1cccc(CN(Cc2cccc(OC)c2)c2ccnc(CN3CCNCC3=O)c2)c1. The molecule has 1 N–H and O–H groups in total. The Bertz CT molecular complexity index is 1040. The lowest BCUT2D eigenvalue weighted by atomic mass is 10.1. The maximum Gasteiger partial charge on any atom is 0.236 e. The van der Waals surface area contributed by atoms with Crippen LogP contribution >= 0.6 is 0 Å². The fourth-order valence-corrected chi connectivity index (χ4v) is 3.98. The zero-order chi connectivity index (χ0) is 23.0. The summed E-state index contributed by atoms with van der Waals surface area (Å²) in [4.78, 5) is 20.9. The molecule has 1 aromatic heterocycles. The third-order valence-electron chi connectivity index (χ3n) is 5.72. The van der Waals surface area contributed by atoms with Gasteiger partial charge in [0.2, 0.25) is 5.91 Å². The Labute approximate surface area is 195 Å². The van der Waals surface area contributed by atoms with Gasteiger partial charge in [0.05, 0.1) is 33.0 Å². The van der Waals surface area contributed by atoms with Crippen LogP contribution in [-0.2, 0) is 24.4 Å². The molecule has 172 valence electrons. The maximum atomic E-state index is 12.2. The molecule has 1 saturated heterocycles. The smallest absolute Gasteiger partial charge is 0.236 e. The first-order chi connectivity index (χ1) is 16.1. The Morgan fingerprint density at radius 2 is 1.64 bits per heavy atom. The average Bonchev–Trinajstić information content (AvgIpc) is 2.85. The summed E-state index contributed by atoms with van der Waals surface area (Å²) in [5.41, 5.74) is 4.22. The molecule has 7 heteroatoms. The van der Waals surface area contributed by atoms with E-state index in [1.807, 2.05) is 41.4 Å². The minimum absolute atomic E-state index is 0.109. The van der Waals surface area contributed by atoms with Gasteiger partial charge in [-0.05, 0) is 47.5 Å². The van der Waals surface area contributed by atoms with E-state index in [1.165, 1.54) is 0 Å². The molecule has 0 radical (unpaired) electrons.